The number of thiophene rings is 1. The molecule has 1 saturated carbocycles. The standard InChI is InChI=1S/C11H13F3OS/c12-11(13,14)8-3-5-10(15,6-4-8)9-2-1-7-16-9/h1-2,7-8,15H,3-6H2. The predicted molar refractivity (Wildman–Crippen MR) is 56.2 cm³/mol. The number of hydrogen-bond donors (Lipinski definition) is 1. The Morgan fingerprint density at radius 3 is 2.38 bits per heavy atom. The van der Waals surface area contributed by atoms with Crippen LogP contribution >= 0.6 is 11.3 Å². The molecule has 0 saturated heterocycles. The van der Waals surface area contributed by atoms with Crippen molar-refractivity contribution in [2.24, 2.45) is 5.92 Å². The van der Waals surface area contributed by atoms with Crippen LogP contribution in [-0.2, 0) is 5.60 Å². The number of aliphatic hydroxyl groups is 1. The first-order valence-electron chi connectivity index (χ1n) is 5.25. The van der Waals surface area contributed by atoms with E-state index < -0.39 is 17.7 Å². The number of rotatable bonds is 1. The van der Waals surface area contributed by atoms with Crippen LogP contribution in [-0.4, -0.2) is 11.3 Å². The predicted octanol–water partition coefficient (Wildman–Crippen LogP) is 3.69. The highest BCUT2D eigenvalue weighted by atomic mass is 32.1. The molecule has 5 heteroatoms. The van der Waals surface area contributed by atoms with Gasteiger partial charge in [0, 0.05) is 4.88 Å². The van der Waals surface area contributed by atoms with Gasteiger partial charge in [0.15, 0.2) is 0 Å². The summed E-state index contributed by atoms with van der Waals surface area (Å²) in [4.78, 5) is 0.785. The lowest BCUT2D eigenvalue weighted by Crippen LogP contribution is -2.35. The molecule has 0 radical (unpaired) electrons. The highest BCUT2D eigenvalue weighted by Crippen LogP contribution is 2.45. The van der Waals surface area contributed by atoms with Gasteiger partial charge < -0.3 is 5.11 Å². The fourth-order valence-corrected chi connectivity index (χ4v) is 3.10. The van der Waals surface area contributed by atoms with Crippen LogP contribution in [0.2, 0.25) is 0 Å². The molecule has 0 amide bonds. The topological polar surface area (TPSA) is 20.2 Å². The summed E-state index contributed by atoms with van der Waals surface area (Å²) in [6.07, 6.45) is -3.65. The fourth-order valence-electron chi connectivity index (χ4n) is 2.21. The van der Waals surface area contributed by atoms with Crippen LogP contribution in [0.15, 0.2) is 17.5 Å². The quantitative estimate of drug-likeness (QED) is 0.806. The van der Waals surface area contributed by atoms with Gasteiger partial charge in [-0.1, -0.05) is 6.07 Å². The number of alkyl halides is 3. The van der Waals surface area contributed by atoms with E-state index >= 15 is 0 Å². The monoisotopic (exact) mass is 250 g/mol. The van der Waals surface area contributed by atoms with Crippen molar-refractivity contribution in [1.82, 2.24) is 0 Å². The summed E-state index contributed by atoms with van der Waals surface area (Å²) in [5.41, 5.74) is -1.03. The second-order valence-electron chi connectivity index (χ2n) is 4.32. The number of halogens is 3. The van der Waals surface area contributed by atoms with Crippen LogP contribution in [0.3, 0.4) is 0 Å². The van der Waals surface area contributed by atoms with Gasteiger partial charge in [0.25, 0.3) is 0 Å². The maximum Gasteiger partial charge on any atom is 0.391 e. The molecule has 0 bridgehead atoms. The Kier molecular flexibility index (Phi) is 3.01. The Hall–Kier alpha value is -0.550. The average molecular weight is 250 g/mol. The Labute approximate surface area is 95.9 Å². The molecule has 0 aromatic carbocycles. The first-order chi connectivity index (χ1) is 7.42. The molecule has 1 N–H and O–H groups in total. The van der Waals surface area contributed by atoms with Gasteiger partial charge in [0.1, 0.15) is 0 Å². The van der Waals surface area contributed by atoms with Crippen molar-refractivity contribution >= 4 is 11.3 Å². The Bertz CT molecular complexity index is 337. The van der Waals surface area contributed by atoms with Crippen LogP contribution in [0.4, 0.5) is 13.2 Å². The molecule has 1 fully saturated rings. The van der Waals surface area contributed by atoms with E-state index in [2.05, 4.69) is 0 Å². The average Bonchev–Trinajstić information content (AvgIpc) is 2.70. The zero-order valence-electron chi connectivity index (χ0n) is 8.63. The summed E-state index contributed by atoms with van der Waals surface area (Å²) in [6, 6.07) is 3.60. The first-order valence-corrected chi connectivity index (χ1v) is 6.13. The van der Waals surface area contributed by atoms with Gasteiger partial charge in [-0.05, 0) is 37.1 Å². The van der Waals surface area contributed by atoms with Crippen LogP contribution < -0.4 is 0 Å². The maximum absolute atomic E-state index is 12.5. The fraction of sp³-hybridized carbons (Fsp3) is 0.636. The summed E-state index contributed by atoms with van der Waals surface area (Å²) in [5, 5.41) is 12.1. The van der Waals surface area contributed by atoms with Crippen LogP contribution in [0.5, 0.6) is 0 Å². The van der Waals surface area contributed by atoms with Gasteiger partial charge in [-0.2, -0.15) is 13.2 Å². The lowest BCUT2D eigenvalue weighted by Gasteiger charge is -2.36. The summed E-state index contributed by atoms with van der Waals surface area (Å²) < 4.78 is 37.4. The Morgan fingerprint density at radius 1 is 1.31 bits per heavy atom. The van der Waals surface area contributed by atoms with Crippen molar-refractivity contribution in [3.05, 3.63) is 22.4 Å². The van der Waals surface area contributed by atoms with E-state index in [-0.39, 0.29) is 25.7 Å². The van der Waals surface area contributed by atoms with Gasteiger partial charge in [0.05, 0.1) is 11.5 Å². The molecular formula is C11H13F3OS. The summed E-state index contributed by atoms with van der Waals surface area (Å²) in [7, 11) is 0. The Balaban J connectivity index is 2.05. The summed E-state index contributed by atoms with van der Waals surface area (Å²) in [5.74, 6) is -1.24. The molecule has 0 atom stereocenters. The third-order valence-corrected chi connectivity index (χ3v) is 4.32. The molecule has 1 aliphatic carbocycles. The molecule has 1 heterocycles. The number of hydrogen-bond acceptors (Lipinski definition) is 2. The van der Waals surface area contributed by atoms with Crippen molar-refractivity contribution < 1.29 is 18.3 Å². The van der Waals surface area contributed by atoms with E-state index in [0.717, 1.165) is 4.88 Å². The molecule has 1 aliphatic rings. The minimum Gasteiger partial charge on any atom is -0.384 e. The normalized spacial score (nSPS) is 31.6. The largest absolute Gasteiger partial charge is 0.391 e. The summed E-state index contributed by atoms with van der Waals surface area (Å²) >= 11 is 1.41. The molecule has 0 spiro atoms. The highest BCUT2D eigenvalue weighted by molar-refractivity contribution is 7.10. The van der Waals surface area contributed by atoms with Crippen molar-refractivity contribution in [3.8, 4) is 0 Å². The van der Waals surface area contributed by atoms with E-state index in [0.29, 0.717) is 0 Å². The zero-order valence-corrected chi connectivity index (χ0v) is 9.44. The molecular weight excluding hydrogens is 237 g/mol. The third kappa shape index (κ3) is 2.25. The third-order valence-electron chi connectivity index (χ3n) is 3.26. The smallest absolute Gasteiger partial charge is 0.384 e. The molecule has 16 heavy (non-hydrogen) atoms. The van der Waals surface area contributed by atoms with E-state index in [1.54, 1.807) is 6.07 Å². The SMILES string of the molecule is OC1(c2cccs2)CCC(C(F)(F)F)CC1. The van der Waals surface area contributed by atoms with Gasteiger partial charge in [-0.25, -0.2) is 0 Å². The summed E-state index contributed by atoms with van der Waals surface area (Å²) in [6.45, 7) is 0. The minimum absolute atomic E-state index is 0.0257. The van der Waals surface area contributed by atoms with Crippen LogP contribution in [0.25, 0.3) is 0 Å². The second kappa shape index (κ2) is 4.04. The first kappa shape index (κ1) is 11.9. The molecule has 1 aromatic heterocycles. The van der Waals surface area contributed by atoms with E-state index in [9.17, 15) is 18.3 Å². The lowest BCUT2D eigenvalue weighted by molar-refractivity contribution is -0.192. The van der Waals surface area contributed by atoms with Gasteiger partial charge in [-0.3, -0.25) is 0 Å². The zero-order chi connectivity index (χ0) is 11.8. The van der Waals surface area contributed by atoms with E-state index in [4.69, 9.17) is 0 Å². The molecule has 0 unspecified atom stereocenters. The van der Waals surface area contributed by atoms with Gasteiger partial charge >= 0.3 is 6.18 Å². The van der Waals surface area contributed by atoms with Crippen molar-refractivity contribution in [1.29, 1.82) is 0 Å². The van der Waals surface area contributed by atoms with Crippen molar-refractivity contribution in [2.75, 3.05) is 0 Å². The molecule has 2 rings (SSSR count). The van der Waals surface area contributed by atoms with Crippen LogP contribution in [0, 0.1) is 5.92 Å². The molecule has 90 valence electrons. The van der Waals surface area contributed by atoms with Crippen molar-refractivity contribution in [3.63, 3.8) is 0 Å². The Morgan fingerprint density at radius 2 is 1.94 bits per heavy atom. The van der Waals surface area contributed by atoms with Gasteiger partial charge in [-0.15, -0.1) is 11.3 Å². The molecule has 1 nitrogen and oxygen atoms in total. The second-order valence-corrected chi connectivity index (χ2v) is 5.27. The minimum atomic E-state index is -4.11. The molecule has 0 aliphatic heterocycles. The van der Waals surface area contributed by atoms with Crippen molar-refractivity contribution in [2.45, 2.75) is 37.5 Å². The van der Waals surface area contributed by atoms with Gasteiger partial charge in [0.2, 0.25) is 0 Å². The van der Waals surface area contributed by atoms with E-state index in [1.165, 1.54) is 11.3 Å². The molecule has 1 aromatic rings. The lowest BCUT2D eigenvalue weighted by atomic mass is 9.78. The van der Waals surface area contributed by atoms with Crippen LogP contribution in [0.1, 0.15) is 30.6 Å². The highest BCUT2D eigenvalue weighted by Gasteiger charge is 2.45. The van der Waals surface area contributed by atoms with E-state index in [1.807, 2.05) is 11.4 Å². The maximum atomic E-state index is 12.5.